The Morgan fingerprint density at radius 2 is 2.04 bits per heavy atom. The average Bonchev–Trinajstić information content (AvgIpc) is 2.55. The lowest BCUT2D eigenvalue weighted by Gasteiger charge is -2.22. The molecule has 8 heteroatoms. The van der Waals surface area contributed by atoms with Gasteiger partial charge >= 0.3 is 0 Å². The molecule has 0 saturated heterocycles. The maximum atomic E-state index is 13.1. The van der Waals surface area contributed by atoms with Gasteiger partial charge in [0.1, 0.15) is 5.82 Å². The number of amides is 1. The molecule has 0 fully saturated rings. The molecule has 0 aliphatic carbocycles. The van der Waals surface area contributed by atoms with Crippen LogP contribution in [0, 0.1) is 15.9 Å². The van der Waals surface area contributed by atoms with Gasteiger partial charge in [-0.1, -0.05) is 17.7 Å². The lowest BCUT2D eigenvalue weighted by molar-refractivity contribution is -0.384. The smallest absolute Gasteiger partial charge is 0.270 e. The highest BCUT2D eigenvalue weighted by Gasteiger charge is 2.19. The molecule has 24 heavy (non-hydrogen) atoms. The molecule has 0 saturated carbocycles. The Labute approximate surface area is 143 Å². The van der Waals surface area contributed by atoms with Crippen molar-refractivity contribution >= 4 is 28.9 Å². The summed E-state index contributed by atoms with van der Waals surface area (Å²) in [6, 6.07) is 8.10. The Balaban J connectivity index is 2.39. The summed E-state index contributed by atoms with van der Waals surface area (Å²) in [4.78, 5) is 24.1. The van der Waals surface area contributed by atoms with Gasteiger partial charge in [0.05, 0.1) is 16.2 Å². The first kappa shape index (κ1) is 17.7. The van der Waals surface area contributed by atoms with Gasteiger partial charge in [0, 0.05) is 37.8 Å². The van der Waals surface area contributed by atoms with E-state index in [4.69, 9.17) is 11.6 Å². The van der Waals surface area contributed by atoms with Crippen molar-refractivity contribution in [3.8, 4) is 0 Å². The van der Waals surface area contributed by atoms with Gasteiger partial charge < -0.3 is 10.2 Å². The summed E-state index contributed by atoms with van der Waals surface area (Å²) in [6.45, 7) is 0.306. The van der Waals surface area contributed by atoms with Gasteiger partial charge in [-0.25, -0.2) is 4.39 Å². The number of nitrogens with zero attached hydrogens (tertiary/aromatic N) is 2. The maximum absolute atomic E-state index is 13.1. The summed E-state index contributed by atoms with van der Waals surface area (Å²) in [6.07, 6.45) is 0. The minimum absolute atomic E-state index is 0.174. The van der Waals surface area contributed by atoms with Crippen molar-refractivity contribution in [2.75, 3.05) is 19.0 Å². The number of nitrogens with one attached hydrogen (secondary N) is 1. The summed E-state index contributed by atoms with van der Waals surface area (Å²) in [7, 11) is 3.16. The van der Waals surface area contributed by atoms with Crippen molar-refractivity contribution < 1.29 is 14.1 Å². The number of benzene rings is 2. The third kappa shape index (κ3) is 3.80. The van der Waals surface area contributed by atoms with Gasteiger partial charge in [0.15, 0.2) is 0 Å². The van der Waals surface area contributed by atoms with Crippen LogP contribution < -0.4 is 10.2 Å². The van der Waals surface area contributed by atoms with E-state index in [0.29, 0.717) is 17.8 Å². The quantitative estimate of drug-likeness (QED) is 0.662. The van der Waals surface area contributed by atoms with Crippen LogP contribution in [0.1, 0.15) is 15.9 Å². The second kappa shape index (κ2) is 7.27. The van der Waals surface area contributed by atoms with Gasteiger partial charge in [-0.3, -0.25) is 14.9 Å². The van der Waals surface area contributed by atoms with Crippen LogP contribution >= 0.6 is 11.6 Å². The van der Waals surface area contributed by atoms with Gasteiger partial charge in [-0.15, -0.1) is 0 Å². The summed E-state index contributed by atoms with van der Waals surface area (Å²) >= 11 is 6.02. The summed E-state index contributed by atoms with van der Waals surface area (Å²) in [5.74, 6) is -0.876. The second-order valence-corrected chi connectivity index (χ2v) is 5.54. The molecule has 2 rings (SSSR count). The van der Waals surface area contributed by atoms with E-state index in [0.717, 1.165) is 0 Å². The van der Waals surface area contributed by atoms with Gasteiger partial charge in [-0.2, -0.15) is 0 Å². The van der Waals surface area contributed by atoms with E-state index in [2.05, 4.69) is 5.32 Å². The number of hydrogen-bond acceptors (Lipinski definition) is 4. The lowest BCUT2D eigenvalue weighted by Crippen LogP contribution is -2.24. The molecule has 0 aliphatic rings. The van der Waals surface area contributed by atoms with Crippen molar-refractivity contribution in [1.29, 1.82) is 0 Å². The van der Waals surface area contributed by atoms with Crippen LogP contribution in [-0.2, 0) is 6.54 Å². The van der Waals surface area contributed by atoms with Crippen molar-refractivity contribution in [3.63, 3.8) is 0 Å². The number of nitro benzene ring substituents is 1. The number of non-ortho nitro benzene ring substituents is 1. The number of rotatable bonds is 5. The molecule has 2 aromatic carbocycles. The predicted molar refractivity (Wildman–Crippen MR) is 90.0 cm³/mol. The first-order valence-corrected chi connectivity index (χ1v) is 7.37. The Kier molecular flexibility index (Phi) is 5.35. The Morgan fingerprint density at radius 1 is 1.33 bits per heavy atom. The van der Waals surface area contributed by atoms with Crippen molar-refractivity contribution in [1.82, 2.24) is 5.32 Å². The van der Waals surface area contributed by atoms with Gasteiger partial charge in [0.2, 0.25) is 0 Å². The Morgan fingerprint density at radius 3 is 2.62 bits per heavy atom. The normalized spacial score (nSPS) is 10.3. The van der Waals surface area contributed by atoms with Crippen LogP contribution in [0.5, 0.6) is 0 Å². The molecule has 0 aliphatic heterocycles. The lowest BCUT2D eigenvalue weighted by atomic mass is 10.1. The number of anilines is 1. The van der Waals surface area contributed by atoms with Gasteiger partial charge in [0.25, 0.3) is 11.6 Å². The monoisotopic (exact) mass is 351 g/mol. The predicted octanol–water partition coefficient (Wildman–Crippen LogP) is 3.38. The molecular weight excluding hydrogens is 337 g/mol. The zero-order valence-corrected chi connectivity index (χ0v) is 13.8. The van der Waals surface area contributed by atoms with E-state index in [1.165, 1.54) is 37.4 Å². The van der Waals surface area contributed by atoms with E-state index < -0.39 is 16.6 Å². The number of hydrogen-bond donors (Lipinski definition) is 1. The van der Waals surface area contributed by atoms with Crippen LogP contribution in [-0.4, -0.2) is 24.9 Å². The van der Waals surface area contributed by atoms with E-state index >= 15 is 0 Å². The fourth-order valence-corrected chi connectivity index (χ4v) is 2.50. The molecule has 0 heterocycles. The van der Waals surface area contributed by atoms with Crippen LogP contribution in [0.2, 0.25) is 5.02 Å². The Hall–Kier alpha value is -2.67. The molecular formula is C16H15ClFN3O3. The summed E-state index contributed by atoms with van der Waals surface area (Å²) < 4.78 is 13.1. The topological polar surface area (TPSA) is 75.5 Å². The minimum Gasteiger partial charge on any atom is -0.370 e. The van der Waals surface area contributed by atoms with Crippen LogP contribution in [0.3, 0.4) is 0 Å². The molecule has 1 N–H and O–H groups in total. The zero-order chi connectivity index (χ0) is 17.9. The first-order chi connectivity index (χ1) is 11.3. The third-order valence-electron chi connectivity index (χ3n) is 3.50. The third-order valence-corrected chi connectivity index (χ3v) is 3.85. The Bertz CT molecular complexity index is 798. The van der Waals surface area contributed by atoms with Crippen molar-refractivity contribution in [2.45, 2.75) is 6.54 Å². The molecule has 0 unspecified atom stereocenters. The molecule has 6 nitrogen and oxygen atoms in total. The first-order valence-electron chi connectivity index (χ1n) is 6.99. The average molecular weight is 352 g/mol. The van der Waals surface area contributed by atoms with Gasteiger partial charge in [-0.05, 0) is 23.8 Å². The fourth-order valence-electron chi connectivity index (χ4n) is 2.28. The molecule has 0 atom stereocenters. The molecule has 126 valence electrons. The highest BCUT2D eigenvalue weighted by atomic mass is 35.5. The number of halogens is 2. The largest absolute Gasteiger partial charge is 0.370 e. The van der Waals surface area contributed by atoms with E-state index in [1.54, 1.807) is 18.0 Å². The van der Waals surface area contributed by atoms with Crippen LogP contribution in [0.15, 0.2) is 36.4 Å². The summed E-state index contributed by atoms with van der Waals surface area (Å²) in [5, 5.41) is 13.7. The highest BCUT2D eigenvalue weighted by Crippen LogP contribution is 2.27. The highest BCUT2D eigenvalue weighted by molar-refractivity contribution is 6.31. The van der Waals surface area contributed by atoms with Crippen LogP contribution in [0.25, 0.3) is 0 Å². The zero-order valence-electron chi connectivity index (χ0n) is 13.0. The van der Waals surface area contributed by atoms with E-state index in [1.807, 2.05) is 0 Å². The van der Waals surface area contributed by atoms with Crippen molar-refractivity contribution in [3.05, 3.63) is 68.5 Å². The second-order valence-electron chi connectivity index (χ2n) is 5.13. The molecule has 2 aromatic rings. The molecule has 1 amide bonds. The number of carbonyl (C=O) groups excluding carboxylic acids is 1. The van der Waals surface area contributed by atoms with Crippen molar-refractivity contribution in [2.24, 2.45) is 0 Å². The van der Waals surface area contributed by atoms with E-state index in [9.17, 15) is 19.3 Å². The van der Waals surface area contributed by atoms with Crippen LogP contribution in [0.4, 0.5) is 15.8 Å². The molecule has 0 radical (unpaired) electrons. The molecule has 0 spiro atoms. The SMILES string of the molecule is CNC(=O)c1cc([N+](=O)[O-])ccc1N(C)Cc1ccc(F)cc1Cl. The maximum Gasteiger partial charge on any atom is 0.270 e. The molecule has 0 bridgehead atoms. The van der Waals surface area contributed by atoms with E-state index in [-0.39, 0.29) is 16.3 Å². The molecule has 0 aromatic heterocycles. The number of carbonyl (C=O) groups is 1. The minimum atomic E-state index is -0.562. The summed E-state index contributed by atoms with van der Waals surface area (Å²) in [5.41, 5.74) is 1.17. The fraction of sp³-hybridized carbons (Fsp3) is 0.188. The standard InChI is InChI=1S/C16H15ClFN3O3/c1-19-16(22)13-8-12(21(23)24)5-6-15(13)20(2)9-10-3-4-11(18)7-14(10)17/h3-8H,9H2,1-2H3,(H,19,22). The number of nitro groups is 1.